The van der Waals surface area contributed by atoms with Crippen molar-refractivity contribution in [2.24, 2.45) is 4.99 Å². The van der Waals surface area contributed by atoms with Crippen molar-refractivity contribution in [3.05, 3.63) is 0 Å². The SMILES string of the molecule is CCN=C1N[C@H]2[C@H](O[C@H](CC(F)(F)F)C[C@@H]2O)S1. The van der Waals surface area contributed by atoms with Crippen LogP contribution in [0.3, 0.4) is 0 Å². The third-order valence-electron chi connectivity index (χ3n) is 2.82. The highest BCUT2D eigenvalue weighted by Gasteiger charge is 2.46. The fourth-order valence-electron chi connectivity index (χ4n) is 2.10. The first kappa shape index (κ1) is 14.0. The van der Waals surface area contributed by atoms with E-state index in [0.717, 1.165) is 0 Å². The van der Waals surface area contributed by atoms with Crippen LogP contribution in [0, 0.1) is 0 Å². The Hall–Kier alpha value is -0.470. The van der Waals surface area contributed by atoms with Gasteiger partial charge < -0.3 is 15.2 Å². The van der Waals surface area contributed by atoms with Gasteiger partial charge >= 0.3 is 6.18 Å². The van der Waals surface area contributed by atoms with Crippen LogP contribution >= 0.6 is 11.8 Å². The Bertz CT molecular complexity index is 338. The molecule has 104 valence electrons. The molecule has 0 bridgehead atoms. The van der Waals surface area contributed by atoms with Gasteiger partial charge in [-0.1, -0.05) is 11.8 Å². The molecule has 4 nitrogen and oxygen atoms in total. The number of aliphatic hydroxyl groups is 1. The van der Waals surface area contributed by atoms with E-state index in [2.05, 4.69) is 10.3 Å². The number of hydrogen-bond donors (Lipinski definition) is 2. The summed E-state index contributed by atoms with van der Waals surface area (Å²) in [6.45, 7) is 2.44. The molecule has 0 amide bonds. The number of amidine groups is 1. The zero-order chi connectivity index (χ0) is 13.3. The number of alkyl halides is 3. The van der Waals surface area contributed by atoms with E-state index < -0.39 is 30.2 Å². The molecule has 2 aliphatic heterocycles. The fraction of sp³-hybridized carbons (Fsp3) is 0.900. The predicted molar refractivity (Wildman–Crippen MR) is 62.4 cm³/mol. The van der Waals surface area contributed by atoms with Gasteiger partial charge in [0.25, 0.3) is 0 Å². The topological polar surface area (TPSA) is 53.9 Å². The molecule has 2 aliphatic rings. The normalized spacial score (nSPS) is 38.6. The number of aliphatic imine (C=N–C) groups is 1. The summed E-state index contributed by atoms with van der Waals surface area (Å²) in [5.41, 5.74) is -0.494. The van der Waals surface area contributed by atoms with Crippen LogP contribution in [0.15, 0.2) is 4.99 Å². The van der Waals surface area contributed by atoms with E-state index in [1.807, 2.05) is 6.92 Å². The lowest BCUT2D eigenvalue weighted by atomic mass is 9.99. The van der Waals surface area contributed by atoms with Crippen LogP contribution in [-0.4, -0.2) is 46.7 Å². The molecule has 0 radical (unpaired) electrons. The van der Waals surface area contributed by atoms with E-state index in [4.69, 9.17) is 4.74 Å². The second kappa shape index (κ2) is 5.26. The van der Waals surface area contributed by atoms with Gasteiger partial charge in [0.1, 0.15) is 5.44 Å². The number of fused-ring (bicyclic) bond motifs is 1. The van der Waals surface area contributed by atoms with E-state index in [0.29, 0.717) is 11.7 Å². The molecule has 4 atom stereocenters. The molecule has 2 saturated heterocycles. The van der Waals surface area contributed by atoms with Crippen molar-refractivity contribution in [3.8, 4) is 0 Å². The van der Waals surface area contributed by atoms with Gasteiger partial charge in [-0.25, -0.2) is 0 Å². The minimum absolute atomic E-state index is 0.00631. The Morgan fingerprint density at radius 2 is 2.28 bits per heavy atom. The monoisotopic (exact) mass is 284 g/mol. The lowest BCUT2D eigenvalue weighted by Crippen LogP contribution is -2.51. The van der Waals surface area contributed by atoms with Crippen LogP contribution in [0.1, 0.15) is 19.8 Å². The third-order valence-corrected chi connectivity index (χ3v) is 3.92. The molecular weight excluding hydrogens is 269 g/mol. The van der Waals surface area contributed by atoms with Crippen molar-refractivity contribution >= 4 is 16.9 Å². The molecular formula is C10H15F3N2O2S. The third kappa shape index (κ3) is 3.30. The van der Waals surface area contributed by atoms with Crippen molar-refractivity contribution in [1.29, 1.82) is 0 Å². The molecule has 2 rings (SSSR count). The maximum atomic E-state index is 12.3. The molecule has 8 heteroatoms. The zero-order valence-corrected chi connectivity index (χ0v) is 10.6. The number of nitrogens with one attached hydrogen (secondary N) is 1. The summed E-state index contributed by atoms with van der Waals surface area (Å²) in [4.78, 5) is 4.14. The van der Waals surface area contributed by atoms with E-state index in [-0.39, 0.29) is 12.5 Å². The van der Waals surface area contributed by atoms with E-state index >= 15 is 0 Å². The fourth-order valence-corrected chi connectivity index (χ4v) is 3.33. The lowest BCUT2D eigenvalue weighted by Gasteiger charge is -2.35. The average molecular weight is 284 g/mol. The van der Waals surface area contributed by atoms with Crippen molar-refractivity contribution < 1.29 is 23.0 Å². The largest absolute Gasteiger partial charge is 0.391 e. The second-order valence-electron chi connectivity index (χ2n) is 4.32. The minimum atomic E-state index is -4.27. The molecule has 0 aliphatic carbocycles. The Morgan fingerprint density at radius 3 is 2.89 bits per heavy atom. The van der Waals surface area contributed by atoms with Crippen molar-refractivity contribution in [2.75, 3.05) is 6.54 Å². The van der Waals surface area contributed by atoms with Crippen LogP contribution < -0.4 is 5.32 Å². The maximum Gasteiger partial charge on any atom is 0.391 e. The smallest absolute Gasteiger partial charge is 0.391 e. The summed E-state index contributed by atoms with van der Waals surface area (Å²) >= 11 is 1.24. The molecule has 0 aromatic carbocycles. The van der Waals surface area contributed by atoms with Crippen LogP contribution in [0.25, 0.3) is 0 Å². The average Bonchev–Trinajstić information content (AvgIpc) is 2.58. The molecule has 18 heavy (non-hydrogen) atoms. The Morgan fingerprint density at radius 1 is 1.56 bits per heavy atom. The molecule has 2 fully saturated rings. The first-order valence-electron chi connectivity index (χ1n) is 5.77. The van der Waals surface area contributed by atoms with Gasteiger partial charge in [-0.3, -0.25) is 4.99 Å². The van der Waals surface area contributed by atoms with Gasteiger partial charge in [0.05, 0.1) is 24.7 Å². The van der Waals surface area contributed by atoms with Crippen LogP contribution in [0.5, 0.6) is 0 Å². The van der Waals surface area contributed by atoms with Gasteiger partial charge in [-0.15, -0.1) is 0 Å². The van der Waals surface area contributed by atoms with E-state index in [1.54, 1.807) is 0 Å². The highest BCUT2D eigenvalue weighted by Crippen LogP contribution is 2.37. The summed E-state index contributed by atoms with van der Waals surface area (Å²) in [5.74, 6) is 0. The predicted octanol–water partition coefficient (Wildman–Crippen LogP) is 1.50. The highest BCUT2D eigenvalue weighted by atomic mass is 32.2. The minimum Gasteiger partial charge on any atom is -0.391 e. The number of thioether (sulfide) groups is 1. The number of nitrogens with zero attached hydrogens (tertiary/aromatic N) is 1. The summed E-state index contributed by atoms with van der Waals surface area (Å²) in [5, 5.41) is 13.5. The van der Waals surface area contributed by atoms with Gasteiger partial charge in [0.2, 0.25) is 0 Å². The van der Waals surface area contributed by atoms with E-state index in [1.165, 1.54) is 11.8 Å². The van der Waals surface area contributed by atoms with Crippen molar-refractivity contribution in [1.82, 2.24) is 5.32 Å². The number of rotatable bonds is 2. The number of aliphatic hydroxyl groups excluding tert-OH is 1. The second-order valence-corrected chi connectivity index (χ2v) is 5.40. The number of halogens is 3. The highest BCUT2D eigenvalue weighted by molar-refractivity contribution is 8.14. The summed E-state index contributed by atoms with van der Waals surface area (Å²) in [6.07, 6.45) is -7.11. The molecule has 0 aromatic rings. The molecule has 2 N–H and O–H groups in total. The summed E-state index contributed by atoms with van der Waals surface area (Å²) in [6, 6.07) is -0.371. The molecule has 0 unspecified atom stereocenters. The number of ether oxygens (including phenoxy) is 1. The molecule has 0 saturated carbocycles. The van der Waals surface area contributed by atoms with Gasteiger partial charge in [-0.05, 0) is 6.92 Å². The Balaban J connectivity index is 1.99. The summed E-state index contributed by atoms with van der Waals surface area (Å²) < 4.78 is 42.3. The quantitative estimate of drug-likeness (QED) is 0.807. The lowest BCUT2D eigenvalue weighted by molar-refractivity contribution is -0.178. The molecule has 0 spiro atoms. The maximum absolute atomic E-state index is 12.3. The number of hydrogen-bond acceptors (Lipinski definition) is 4. The van der Waals surface area contributed by atoms with Crippen LogP contribution in [-0.2, 0) is 4.74 Å². The molecule has 0 aromatic heterocycles. The Labute approximate surface area is 107 Å². The summed E-state index contributed by atoms with van der Waals surface area (Å²) in [7, 11) is 0. The Kier molecular flexibility index (Phi) is 4.08. The van der Waals surface area contributed by atoms with Crippen molar-refractivity contribution in [2.45, 2.75) is 49.6 Å². The van der Waals surface area contributed by atoms with Gasteiger partial charge in [-0.2, -0.15) is 13.2 Å². The first-order valence-corrected chi connectivity index (χ1v) is 6.65. The van der Waals surface area contributed by atoms with Crippen LogP contribution in [0.2, 0.25) is 0 Å². The standard InChI is InChI=1S/C10H15F3N2O2S/c1-2-14-9-15-7-6(16)3-5(4-10(11,12)13)17-8(7)18-9/h5-8,16H,2-4H2,1H3,(H,14,15)/t5-,6-,7+,8+/m0/s1. The zero-order valence-electron chi connectivity index (χ0n) is 9.78. The van der Waals surface area contributed by atoms with Crippen molar-refractivity contribution in [3.63, 3.8) is 0 Å². The first-order chi connectivity index (χ1) is 8.39. The van der Waals surface area contributed by atoms with Gasteiger partial charge in [0, 0.05) is 13.0 Å². The van der Waals surface area contributed by atoms with Gasteiger partial charge in [0.15, 0.2) is 5.17 Å². The van der Waals surface area contributed by atoms with E-state index in [9.17, 15) is 18.3 Å². The van der Waals surface area contributed by atoms with Crippen LogP contribution in [0.4, 0.5) is 13.2 Å². The molecule has 2 heterocycles.